The lowest BCUT2D eigenvalue weighted by atomic mass is 10.2. The van der Waals surface area contributed by atoms with Crippen molar-refractivity contribution in [3.05, 3.63) is 41.3 Å². The molecule has 0 radical (unpaired) electrons. The van der Waals surface area contributed by atoms with Crippen LogP contribution in [0.2, 0.25) is 39.3 Å². The minimum atomic E-state index is -1.52. The van der Waals surface area contributed by atoms with E-state index in [2.05, 4.69) is 69.6 Å². The minimum Gasteiger partial charge on any atom is -0.551 e. The fourth-order valence-electron chi connectivity index (χ4n) is 1.43. The van der Waals surface area contributed by atoms with Crippen LogP contribution in [0.4, 0.5) is 0 Å². The van der Waals surface area contributed by atoms with Crippen LogP contribution in [0.1, 0.15) is 5.56 Å². The molecule has 1 aromatic rings. The maximum absolute atomic E-state index is 6.27. The number of benzene rings is 1. The molecule has 1 aromatic carbocycles. The lowest BCUT2D eigenvalue weighted by Gasteiger charge is -2.29. The predicted molar refractivity (Wildman–Crippen MR) is 82.2 cm³/mol. The zero-order chi connectivity index (χ0) is 13.1. The van der Waals surface area contributed by atoms with Gasteiger partial charge in [0.05, 0.1) is 5.38 Å². The summed E-state index contributed by atoms with van der Waals surface area (Å²) in [6.07, 6.45) is 2.23. The van der Waals surface area contributed by atoms with Gasteiger partial charge in [0.15, 0.2) is 0 Å². The second kappa shape index (κ2) is 5.23. The van der Waals surface area contributed by atoms with E-state index >= 15 is 0 Å². The molecular weight excluding hydrogens is 240 g/mol. The second-order valence-electron chi connectivity index (χ2n) is 6.38. The van der Waals surface area contributed by atoms with Crippen molar-refractivity contribution in [2.24, 2.45) is 0 Å². The Bertz CT molecular complexity index is 383. The highest BCUT2D eigenvalue weighted by Gasteiger charge is 2.27. The minimum absolute atomic E-state index is 1.22. The average Bonchev–Trinajstić information content (AvgIpc) is 2.15. The average molecular weight is 265 g/mol. The van der Waals surface area contributed by atoms with Gasteiger partial charge < -0.3 is 4.43 Å². The molecule has 17 heavy (non-hydrogen) atoms. The van der Waals surface area contributed by atoms with Crippen LogP contribution in [0.3, 0.4) is 0 Å². The van der Waals surface area contributed by atoms with Crippen molar-refractivity contribution in [1.29, 1.82) is 0 Å². The number of hydrogen-bond acceptors (Lipinski definition) is 1. The Labute approximate surface area is 108 Å². The van der Waals surface area contributed by atoms with Crippen molar-refractivity contribution in [3.63, 3.8) is 0 Å². The van der Waals surface area contributed by atoms with Crippen LogP contribution in [0.5, 0.6) is 0 Å². The van der Waals surface area contributed by atoms with Crippen molar-refractivity contribution in [2.75, 3.05) is 0 Å². The molecule has 0 atom stereocenters. The highest BCUT2D eigenvalue weighted by Crippen LogP contribution is 2.23. The molecule has 0 spiro atoms. The fourth-order valence-corrected chi connectivity index (χ4v) is 4.89. The number of rotatable bonds is 4. The summed E-state index contributed by atoms with van der Waals surface area (Å²) < 4.78 is 6.27. The van der Waals surface area contributed by atoms with Crippen molar-refractivity contribution < 1.29 is 4.43 Å². The zero-order valence-corrected chi connectivity index (χ0v) is 13.9. The van der Waals surface area contributed by atoms with Gasteiger partial charge in [-0.3, -0.25) is 0 Å². The summed E-state index contributed by atoms with van der Waals surface area (Å²) in [4.78, 5) is 0. The van der Waals surface area contributed by atoms with E-state index in [1.807, 2.05) is 6.07 Å². The second-order valence-corrected chi connectivity index (χ2v) is 15.8. The van der Waals surface area contributed by atoms with E-state index in [1.54, 1.807) is 0 Å². The molecule has 0 heterocycles. The van der Waals surface area contributed by atoms with Crippen LogP contribution >= 0.6 is 0 Å². The molecule has 1 nitrogen and oxygen atoms in total. The first kappa shape index (κ1) is 14.3. The number of hydrogen-bond donors (Lipinski definition) is 0. The maximum Gasteiger partial charge on any atom is 0.241 e. The molecule has 0 aromatic heterocycles. The molecule has 0 N–H and O–H groups in total. The van der Waals surface area contributed by atoms with Gasteiger partial charge in [0, 0.05) is 0 Å². The van der Waals surface area contributed by atoms with E-state index in [4.69, 9.17) is 4.43 Å². The van der Waals surface area contributed by atoms with Crippen LogP contribution in [-0.4, -0.2) is 16.4 Å². The van der Waals surface area contributed by atoms with Crippen molar-refractivity contribution in [3.8, 4) is 0 Å². The van der Waals surface area contributed by atoms with E-state index in [0.29, 0.717) is 0 Å². The molecule has 0 saturated carbocycles. The zero-order valence-electron chi connectivity index (χ0n) is 11.9. The topological polar surface area (TPSA) is 9.23 Å². The van der Waals surface area contributed by atoms with E-state index in [-0.39, 0.29) is 0 Å². The van der Waals surface area contributed by atoms with Crippen LogP contribution < -0.4 is 0 Å². The molecule has 0 amide bonds. The Morgan fingerprint density at radius 1 is 0.941 bits per heavy atom. The predicted octanol–water partition coefficient (Wildman–Crippen LogP) is 4.76. The standard InChI is InChI=1S/C14H24OSi2/c1-16(2,3)14(15-17(4,5)6)12-13-10-8-7-9-11-13/h7-12H,1-6H3/b14-12+. The third-order valence-electron chi connectivity index (χ3n) is 2.25. The van der Waals surface area contributed by atoms with Crippen molar-refractivity contribution in [2.45, 2.75) is 39.3 Å². The molecule has 1 rings (SSSR count). The van der Waals surface area contributed by atoms with Gasteiger partial charge in [0.25, 0.3) is 0 Å². The van der Waals surface area contributed by atoms with Gasteiger partial charge in [-0.05, 0) is 31.3 Å². The fraction of sp³-hybridized carbons (Fsp3) is 0.429. The highest BCUT2D eigenvalue weighted by molar-refractivity contribution is 6.84. The Balaban J connectivity index is 3.04. The van der Waals surface area contributed by atoms with Gasteiger partial charge in [-0.25, -0.2) is 0 Å². The van der Waals surface area contributed by atoms with E-state index in [0.717, 1.165) is 0 Å². The molecule has 0 saturated heterocycles. The van der Waals surface area contributed by atoms with Crippen LogP contribution in [0, 0.1) is 0 Å². The lowest BCUT2D eigenvalue weighted by molar-refractivity contribution is 0.457. The first-order valence-electron chi connectivity index (χ1n) is 6.15. The van der Waals surface area contributed by atoms with Gasteiger partial charge in [-0.15, -0.1) is 0 Å². The van der Waals surface area contributed by atoms with Gasteiger partial charge in [-0.2, -0.15) is 0 Å². The lowest BCUT2D eigenvalue weighted by Crippen LogP contribution is -2.34. The molecule has 0 bridgehead atoms. The van der Waals surface area contributed by atoms with Gasteiger partial charge in [-0.1, -0.05) is 50.0 Å². The van der Waals surface area contributed by atoms with Crippen LogP contribution in [-0.2, 0) is 4.43 Å². The van der Waals surface area contributed by atoms with E-state index < -0.39 is 16.4 Å². The van der Waals surface area contributed by atoms with Crippen molar-refractivity contribution >= 4 is 22.5 Å². The molecule has 0 aliphatic carbocycles. The Morgan fingerprint density at radius 3 is 1.88 bits per heavy atom. The molecule has 0 unspecified atom stereocenters. The Kier molecular flexibility index (Phi) is 4.39. The quantitative estimate of drug-likeness (QED) is 0.563. The molecule has 0 aliphatic heterocycles. The largest absolute Gasteiger partial charge is 0.551 e. The summed E-state index contributed by atoms with van der Waals surface area (Å²) in [6, 6.07) is 10.5. The van der Waals surface area contributed by atoms with Gasteiger partial charge >= 0.3 is 0 Å². The summed E-state index contributed by atoms with van der Waals surface area (Å²) in [5.41, 5.74) is 1.24. The third kappa shape index (κ3) is 5.37. The molecule has 3 heteroatoms. The molecule has 94 valence electrons. The van der Waals surface area contributed by atoms with Crippen LogP contribution in [0.15, 0.2) is 35.7 Å². The highest BCUT2D eigenvalue weighted by atomic mass is 28.4. The summed E-state index contributed by atoms with van der Waals surface area (Å²) >= 11 is 0. The summed E-state index contributed by atoms with van der Waals surface area (Å²) in [5.74, 6) is 0. The van der Waals surface area contributed by atoms with Crippen LogP contribution in [0.25, 0.3) is 6.08 Å². The van der Waals surface area contributed by atoms with Gasteiger partial charge in [0.2, 0.25) is 8.32 Å². The van der Waals surface area contributed by atoms with E-state index in [1.165, 1.54) is 10.9 Å². The van der Waals surface area contributed by atoms with Crippen molar-refractivity contribution in [1.82, 2.24) is 0 Å². The smallest absolute Gasteiger partial charge is 0.241 e. The Morgan fingerprint density at radius 2 is 1.47 bits per heavy atom. The maximum atomic E-state index is 6.27. The monoisotopic (exact) mass is 264 g/mol. The Hall–Kier alpha value is -0.806. The normalized spacial score (nSPS) is 13.6. The third-order valence-corrected chi connectivity index (χ3v) is 5.01. The SMILES string of the molecule is C[Si](C)(C)O/C(=C\c1ccccc1)[Si](C)(C)C. The first-order chi connectivity index (χ1) is 7.68. The molecule has 0 fully saturated rings. The molecule has 0 aliphatic rings. The van der Waals surface area contributed by atoms with E-state index in [9.17, 15) is 0 Å². The van der Waals surface area contributed by atoms with Gasteiger partial charge in [0.1, 0.15) is 8.07 Å². The summed E-state index contributed by atoms with van der Waals surface area (Å²) in [5, 5.41) is 1.22. The summed E-state index contributed by atoms with van der Waals surface area (Å²) in [6.45, 7) is 13.7. The molecular formula is C14H24OSi2. The summed E-state index contributed by atoms with van der Waals surface area (Å²) in [7, 11) is -2.92. The first-order valence-corrected chi connectivity index (χ1v) is 13.1.